The molecule has 0 bridgehead atoms. The standard InChI is InChI=1S/C19H14N2OS/c1-13-9-10-16(23-13)11-15(12-20)19(22)21-18-8-4-6-14-5-2-3-7-17(14)18/h2-11H,1H3,(H,21,22)/b15-11+. The van der Waals surface area contributed by atoms with Crippen LogP contribution in [-0.2, 0) is 4.79 Å². The smallest absolute Gasteiger partial charge is 0.266 e. The molecule has 23 heavy (non-hydrogen) atoms. The third-order valence-electron chi connectivity index (χ3n) is 3.45. The highest BCUT2D eigenvalue weighted by atomic mass is 32.1. The topological polar surface area (TPSA) is 52.9 Å². The fraction of sp³-hybridized carbons (Fsp3) is 0.0526. The minimum atomic E-state index is -0.394. The van der Waals surface area contributed by atoms with E-state index in [0.717, 1.165) is 20.5 Å². The van der Waals surface area contributed by atoms with Crippen molar-refractivity contribution >= 4 is 39.8 Å². The van der Waals surface area contributed by atoms with Crippen molar-refractivity contribution in [1.82, 2.24) is 0 Å². The molecule has 0 aliphatic heterocycles. The van der Waals surface area contributed by atoms with Crippen LogP contribution in [0, 0.1) is 18.3 Å². The zero-order chi connectivity index (χ0) is 16.2. The van der Waals surface area contributed by atoms with Crippen LogP contribution in [0.25, 0.3) is 16.8 Å². The zero-order valence-electron chi connectivity index (χ0n) is 12.5. The monoisotopic (exact) mass is 318 g/mol. The minimum absolute atomic E-state index is 0.0970. The Hall–Kier alpha value is -2.90. The van der Waals surface area contributed by atoms with Crippen molar-refractivity contribution in [3.05, 3.63) is 69.9 Å². The minimum Gasteiger partial charge on any atom is -0.321 e. The summed E-state index contributed by atoms with van der Waals surface area (Å²) >= 11 is 1.55. The average molecular weight is 318 g/mol. The normalized spacial score (nSPS) is 11.2. The van der Waals surface area contributed by atoms with E-state index in [1.165, 1.54) is 0 Å². The van der Waals surface area contributed by atoms with Gasteiger partial charge in [0.15, 0.2) is 0 Å². The number of nitriles is 1. The molecule has 3 aromatic rings. The summed E-state index contributed by atoms with van der Waals surface area (Å²) in [5, 5.41) is 14.1. The number of nitrogens with one attached hydrogen (secondary N) is 1. The van der Waals surface area contributed by atoms with Crippen LogP contribution in [0.1, 0.15) is 9.75 Å². The van der Waals surface area contributed by atoms with Crippen LogP contribution in [0.5, 0.6) is 0 Å². The van der Waals surface area contributed by atoms with Gasteiger partial charge in [-0.25, -0.2) is 0 Å². The summed E-state index contributed by atoms with van der Waals surface area (Å²) in [5.74, 6) is -0.394. The molecule has 4 heteroatoms. The predicted molar refractivity (Wildman–Crippen MR) is 95.2 cm³/mol. The Balaban J connectivity index is 1.90. The molecule has 0 radical (unpaired) electrons. The number of fused-ring (bicyclic) bond motifs is 1. The summed E-state index contributed by atoms with van der Waals surface area (Å²) < 4.78 is 0. The van der Waals surface area contributed by atoms with Gasteiger partial charge in [-0.15, -0.1) is 11.3 Å². The van der Waals surface area contributed by atoms with Gasteiger partial charge >= 0.3 is 0 Å². The van der Waals surface area contributed by atoms with Crippen LogP contribution in [0.3, 0.4) is 0 Å². The van der Waals surface area contributed by atoms with Crippen molar-refractivity contribution in [2.75, 3.05) is 5.32 Å². The number of carbonyl (C=O) groups excluding carboxylic acids is 1. The molecule has 1 aromatic heterocycles. The van der Waals surface area contributed by atoms with Gasteiger partial charge in [-0.1, -0.05) is 36.4 Å². The number of thiophene rings is 1. The van der Waals surface area contributed by atoms with E-state index in [9.17, 15) is 10.1 Å². The SMILES string of the molecule is Cc1ccc(/C=C(\C#N)C(=O)Nc2cccc3ccccc23)s1. The Bertz CT molecular complexity index is 942. The van der Waals surface area contributed by atoms with Crippen LogP contribution < -0.4 is 5.32 Å². The summed E-state index contributed by atoms with van der Waals surface area (Å²) in [7, 11) is 0. The second kappa shape index (κ2) is 6.47. The second-order valence-electron chi connectivity index (χ2n) is 5.10. The molecule has 2 aromatic carbocycles. The fourth-order valence-corrected chi connectivity index (χ4v) is 3.17. The first-order valence-electron chi connectivity index (χ1n) is 7.15. The fourth-order valence-electron chi connectivity index (χ4n) is 2.35. The van der Waals surface area contributed by atoms with Gasteiger partial charge in [0, 0.05) is 20.8 Å². The summed E-state index contributed by atoms with van der Waals surface area (Å²) in [4.78, 5) is 14.4. The Morgan fingerprint density at radius 2 is 1.91 bits per heavy atom. The first kappa shape index (κ1) is 15.0. The van der Waals surface area contributed by atoms with Gasteiger partial charge in [-0.3, -0.25) is 4.79 Å². The number of amides is 1. The lowest BCUT2D eigenvalue weighted by molar-refractivity contribution is -0.112. The summed E-state index contributed by atoms with van der Waals surface area (Å²) in [6.45, 7) is 1.99. The van der Waals surface area contributed by atoms with Gasteiger partial charge in [0.25, 0.3) is 5.91 Å². The summed E-state index contributed by atoms with van der Waals surface area (Å²) in [5.41, 5.74) is 0.802. The Morgan fingerprint density at radius 3 is 2.65 bits per heavy atom. The first-order valence-corrected chi connectivity index (χ1v) is 7.96. The molecule has 0 fully saturated rings. The number of aryl methyl sites for hydroxylation is 1. The molecule has 0 aliphatic rings. The van der Waals surface area contributed by atoms with E-state index in [1.54, 1.807) is 17.4 Å². The van der Waals surface area contributed by atoms with Crippen LogP contribution in [0.2, 0.25) is 0 Å². The number of rotatable bonds is 3. The van der Waals surface area contributed by atoms with E-state index in [-0.39, 0.29) is 5.57 Å². The molecule has 0 unspecified atom stereocenters. The van der Waals surface area contributed by atoms with E-state index in [4.69, 9.17) is 0 Å². The molecular formula is C19H14N2OS. The number of benzene rings is 2. The third-order valence-corrected chi connectivity index (χ3v) is 4.40. The highest BCUT2D eigenvalue weighted by molar-refractivity contribution is 7.12. The molecule has 3 nitrogen and oxygen atoms in total. The van der Waals surface area contributed by atoms with Crippen molar-refractivity contribution in [3.63, 3.8) is 0 Å². The van der Waals surface area contributed by atoms with Crippen LogP contribution in [0.15, 0.2) is 60.2 Å². The summed E-state index contributed by atoms with van der Waals surface area (Å²) in [6, 6.07) is 19.4. The van der Waals surface area contributed by atoms with Crippen molar-refractivity contribution in [1.29, 1.82) is 5.26 Å². The lowest BCUT2D eigenvalue weighted by Crippen LogP contribution is -2.13. The lowest BCUT2D eigenvalue weighted by Gasteiger charge is -2.08. The molecule has 1 heterocycles. The highest BCUT2D eigenvalue weighted by Crippen LogP contribution is 2.24. The van der Waals surface area contributed by atoms with Crippen molar-refractivity contribution < 1.29 is 4.79 Å². The zero-order valence-corrected chi connectivity index (χ0v) is 13.4. The molecule has 1 amide bonds. The van der Waals surface area contributed by atoms with E-state index in [1.807, 2.05) is 67.6 Å². The average Bonchev–Trinajstić information content (AvgIpc) is 2.98. The Kier molecular flexibility index (Phi) is 4.22. The maximum Gasteiger partial charge on any atom is 0.266 e. The Morgan fingerprint density at radius 1 is 1.13 bits per heavy atom. The molecule has 112 valence electrons. The summed E-state index contributed by atoms with van der Waals surface area (Å²) in [6.07, 6.45) is 1.62. The van der Waals surface area contributed by atoms with Gasteiger partial charge in [-0.2, -0.15) is 5.26 Å². The van der Waals surface area contributed by atoms with E-state index in [2.05, 4.69) is 5.32 Å². The van der Waals surface area contributed by atoms with Crippen molar-refractivity contribution in [2.45, 2.75) is 6.92 Å². The third kappa shape index (κ3) is 3.31. The number of anilines is 1. The van der Waals surface area contributed by atoms with E-state index < -0.39 is 5.91 Å². The Labute approximate surface area is 138 Å². The molecular weight excluding hydrogens is 304 g/mol. The highest BCUT2D eigenvalue weighted by Gasteiger charge is 2.11. The van der Waals surface area contributed by atoms with E-state index in [0.29, 0.717) is 5.69 Å². The van der Waals surface area contributed by atoms with Crippen LogP contribution >= 0.6 is 11.3 Å². The van der Waals surface area contributed by atoms with Crippen LogP contribution in [0.4, 0.5) is 5.69 Å². The second-order valence-corrected chi connectivity index (χ2v) is 6.42. The van der Waals surface area contributed by atoms with E-state index >= 15 is 0 Å². The molecule has 1 N–H and O–H groups in total. The number of hydrogen-bond acceptors (Lipinski definition) is 3. The number of hydrogen-bond donors (Lipinski definition) is 1. The first-order chi connectivity index (χ1) is 11.2. The van der Waals surface area contributed by atoms with Gasteiger partial charge in [0.2, 0.25) is 0 Å². The number of nitrogens with zero attached hydrogens (tertiary/aromatic N) is 1. The number of carbonyl (C=O) groups is 1. The quantitative estimate of drug-likeness (QED) is 0.559. The van der Waals surface area contributed by atoms with Gasteiger partial charge < -0.3 is 5.32 Å². The molecule has 3 rings (SSSR count). The largest absolute Gasteiger partial charge is 0.321 e. The molecule has 0 saturated carbocycles. The molecule has 0 aliphatic carbocycles. The molecule has 0 spiro atoms. The molecule has 0 atom stereocenters. The van der Waals surface area contributed by atoms with Gasteiger partial charge in [-0.05, 0) is 36.6 Å². The van der Waals surface area contributed by atoms with Gasteiger partial charge in [0.05, 0.1) is 0 Å². The van der Waals surface area contributed by atoms with Crippen molar-refractivity contribution in [2.24, 2.45) is 0 Å². The maximum atomic E-state index is 12.4. The lowest BCUT2D eigenvalue weighted by atomic mass is 10.1. The maximum absolute atomic E-state index is 12.4. The van der Waals surface area contributed by atoms with Crippen LogP contribution in [-0.4, -0.2) is 5.91 Å². The molecule has 0 saturated heterocycles. The van der Waals surface area contributed by atoms with Crippen molar-refractivity contribution in [3.8, 4) is 6.07 Å². The van der Waals surface area contributed by atoms with Gasteiger partial charge in [0.1, 0.15) is 11.6 Å². The predicted octanol–water partition coefficient (Wildman–Crippen LogP) is 4.76.